The van der Waals surface area contributed by atoms with E-state index in [2.05, 4.69) is 6.58 Å². The van der Waals surface area contributed by atoms with E-state index in [4.69, 9.17) is 5.11 Å². The Morgan fingerprint density at radius 1 is 1.33 bits per heavy atom. The Morgan fingerprint density at radius 2 is 1.93 bits per heavy atom. The summed E-state index contributed by atoms with van der Waals surface area (Å²) in [7, 11) is 0. The van der Waals surface area contributed by atoms with E-state index in [0.717, 1.165) is 11.1 Å². The van der Waals surface area contributed by atoms with Crippen molar-refractivity contribution >= 4 is 0 Å². The van der Waals surface area contributed by atoms with Gasteiger partial charge in [0.25, 0.3) is 0 Å². The molecule has 1 unspecified atom stereocenters. The summed E-state index contributed by atoms with van der Waals surface area (Å²) in [6.07, 6.45) is 0.821. The molecule has 0 heterocycles. The maximum absolute atomic E-state index is 10.4. The van der Waals surface area contributed by atoms with Crippen molar-refractivity contribution in [2.75, 3.05) is 6.61 Å². The number of hydrogen-bond donors (Lipinski definition) is 2. The van der Waals surface area contributed by atoms with E-state index in [1.54, 1.807) is 0 Å². The highest BCUT2D eigenvalue weighted by atomic mass is 16.3. The zero-order chi connectivity index (χ0) is 11.3. The molecule has 0 aliphatic rings. The fraction of sp³-hybridized carbons (Fsp3) is 0.385. The third-order valence-corrected chi connectivity index (χ3v) is 2.43. The zero-order valence-corrected chi connectivity index (χ0v) is 9.11. The highest BCUT2D eigenvalue weighted by molar-refractivity contribution is 5.24. The topological polar surface area (TPSA) is 40.5 Å². The van der Waals surface area contributed by atoms with E-state index in [1.807, 2.05) is 37.3 Å². The van der Waals surface area contributed by atoms with Crippen molar-refractivity contribution in [1.82, 2.24) is 0 Å². The number of hydrogen-bond acceptors (Lipinski definition) is 2. The van der Waals surface area contributed by atoms with Crippen molar-refractivity contribution in [3.05, 3.63) is 48.0 Å². The Morgan fingerprint density at radius 3 is 2.40 bits per heavy atom. The first kappa shape index (κ1) is 12.0. The second kappa shape index (κ2) is 5.10. The fourth-order valence-electron chi connectivity index (χ4n) is 1.77. The molecule has 0 radical (unpaired) electrons. The van der Waals surface area contributed by atoms with E-state index < -0.39 is 5.60 Å². The van der Waals surface area contributed by atoms with Crippen molar-refractivity contribution in [1.29, 1.82) is 0 Å². The quantitative estimate of drug-likeness (QED) is 0.725. The molecule has 2 nitrogen and oxygen atoms in total. The van der Waals surface area contributed by atoms with Gasteiger partial charge in [-0.1, -0.05) is 35.9 Å². The average Bonchev–Trinajstić information content (AvgIpc) is 2.18. The Hall–Kier alpha value is -1.12. The Labute approximate surface area is 90.9 Å². The molecular formula is C13H18O2. The molecule has 15 heavy (non-hydrogen) atoms. The van der Waals surface area contributed by atoms with Gasteiger partial charge in [0.05, 0.1) is 5.60 Å². The first-order valence-corrected chi connectivity index (χ1v) is 5.11. The highest BCUT2D eigenvalue weighted by Gasteiger charge is 2.28. The Kier molecular flexibility index (Phi) is 4.06. The lowest BCUT2D eigenvalue weighted by molar-refractivity contribution is 0.0119. The molecule has 0 saturated carbocycles. The van der Waals surface area contributed by atoms with Crippen LogP contribution in [-0.4, -0.2) is 16.8 Å². The highest BCUT2D eigenvalue weighted by Crippen LogP contribution is 2.30. The van der Waals surface area contributed by atoms with Crippen LogP contribution in [0.15, 0.2) is 42.5 Å². The van der Waals surface area contributed by atoms with E-state index in [1.165, 1.54) is 0 Å². The van der Waals surface area contributed by atoms with Crippen LogP contribution in [0.4, 0.5) is 0 Å². The van der Waals surface area contributed by atoms with Crippen LogP contribution in [0.3, 0.4) is 0 Å². The second-order valence-corrected chi connectivity index (χ2v) is 4.01. The summed E-state index contributed by atoms with van der Waals surface area (Å²) in [5.74, 6) is 0. The largest absolute Gasteiger partial charge is 0.396 e. The third-order valence-electron chi connectivity index (χ3n) is 2.43. The predicted octanol–water partition coefficient (Wildman–Crippen LogP) is 2.22. The van der Waals surface area contributed by atoms with Crippen molar-refractivity contribution in [3.63, 3.8) is 0 Å². The van der Waals surface area contributed by atoms with Gasteiger partial charge in [0.2, 0.25) is 0 Å². The number of aliphatic hydroxyl groups excluding tert-OH is 1. The van der Waals surface area contributed by atoms with Crippen molar-refractivity contribution in [2.45, 2.75) is 25.4 Å². The van der Waals surface area contributed by atoms with Gasteiger partial charge in [-0.2, -0.15) is 0 Å². The molecular weight excluding hydrogens is 188 g/mol. The van der Waals surface area contributed by atoms with Gasteiger partial charge in [-0.25, -0.2) is 0 Å². The minimum atomic E-state index is -0.984. The molecule has 1 rings (SSSR count). The lowest BCUT2D eigenvalue weighted by Crippen LogP contribution is -2.27. The normalized spacial score (nSPS) is 14.6. The average molecular weight is 206 g/mol. The first-order chi connectivity index (χ1) is 7.08. The van der Waals surface area contributed by atoms with Gasteiger partial charge in [-0.05, 0) is 12.5 Å². The number of rotatable bonds is 5. The molecule has 0 aromatic heterocycles. The van der Waals surface area contributed by atoms with E-state index >= 15 is 0 Å². The smallest absolute Gasteiger partial charge is 0.0955 e. The van der Waals surface area contributed by atoms with Crippen molar-refractivity contribution in [3.8, 4) is 0 Å². The van der Waals surface area contributed by atoms with Crippen molar-refractivity contribution in [2.24, 2.45) is 0 Å². The zero-order valence-electron chi connectivity index (χ0n) is 9.11. The van der Waals surface area contributed by atoms with Gasteiger partial charge < -0.3 is 10.2 Å². The summed E-state index contributed by atoms with van der Waals surface area (Å²) in [5, 5.41) is 19.4. The molecule has 1 aromatic carbocycles. The van der Waals surface area contributed by atoms with Crippen LogP contribution in [0.2, 0.25) is 0 Å². The van der Waals surface area contributed by atoms with Gasteiger partial charge in [-0.15, -0.1) is 6.58 Å². The Bertz CT molecular complexity index is 319. The third kappa shape index (κ3) is 3.18. The van der Waals surface area contributed by atoms with Gasteiger partial charge >= 0.3 is 0 Å². The molecule has 0 fully saturated rings. The van der Waals surface area contributed by atoms with Gasteiger partial charge in [0.15, 0.2) is 0 Å². The van der Waals surface area contributed by atoms with Crippen LogP contribution in [0, 0.1) is 0 Å². The number of aliphatic hydroxyl groups is 2. The van der Waals surface area contributed by atoms with Crippen LogP contribution in [0.25, 0.3) is 0 Å². The van der Waals surface area contributed by atoms with Crippen LogP contribution < -0.4 is 0 Å². The molecule has 82 valence electrons. The lowest BCUT2D eigenvalue weighted by atomic mass is 9.85. The van der Waals surface area contributed by atoms with Crippen LogP contribution in [-0.2, 0) is 5.60 Å². The fourth-order valence-corrected chi connectivity index (χ4v) is 1.77. The minimum absolute atomic E-state index is 0.0291. The molecule has 2 N–H and O–H groups in total. The number of benzene rings is 1. The molecule has 0 aliphatic heterocycles. The first-order valence-electron chi connectivity index (χ1n) is 5.11. The van der Waals surface area contributed by atoms with E-state index in [9.17, 15) is 5.11 Å². The van der Waals surface area contributed by atoms with Gasteiger partial charge in [0, 0.05) is 19.4 Å². The van der Waals surface area contributed by atoms with E-state index in [-0.39, 0.29) is 6.61 Å². The lowest BCUT2D eigenvalue weighted by Gasteiger charge is -2.28. The molecule has 1 atom stereocenters. The Balaban J connectivity index is 2.95. The van der Waals surface area contributed by atoms with E-state index in [0.29, 0.717) is 12.8 Å². The van der Waals surface area contributed by atoms with Gasteiger partial charge in [-0.3, -0.25) is 0 Å². The molecule has 0 amide bonds. The van der Waals surface area contributed by atoms with Gasteiger partial charge in [0.1, 0.15) is 0 Å². The van der Waals surface area contributed by atoms with Crippen LogP contribution in [0.1, 0.15) is 25.3 Å². The summed E-state index contributed by atoms with van der Waals surface area (Å²) in [4.78, 5) is 0. The maximum Gasteiger partial charge on any atom is 0.0955 e. The molecule has 0 bridgehead atoms. The monoisotopic (exact) mass is 206 g/mol. The predicted molar refractivity (Wildman–Crippen MR) is 61.5 cm³/mol. The SMILES string of the molecule is C=C(C)CC(O)(CCO)c1ccccc1. The van der Waals surface area contributed by atoms with Crippen molar-refractivity contribution < 1.29 is 10.2 Å². The molecule has 0 aliphatic carbocycles. The standard InChI is InChI=1S/C13H18O2/c1-11(2)10-13(15,8-9-14)12-6-4-3-5-7-12/h3-7,14-15H,1,8-10H2,2H3. The summed E-state index contributed by atoms with van der Waals surface area (Å²) in [5.41, 5.74) is 0.763. The molecule has 0 saturated heterocycles. The molecule has 2 heteroatoms. The minimum Gasteiger partial charge on any atom is -0.396 e. The summed E-state index contributed by atoms with van der Waals surface area (Å²) in [6, 6.07) is 9.42. The van der Waals surface area contributed by atoms with Crippen LogP contribution >= 0.6 is 0 Å². The van der Waals surface area contributed by atoms with Crippen LogP contribution in [0.5, 0.6) is 0 Å². The molecule has 0 spiro atoms. The summed E-state index contributed by atoms with van der Waals surface area (Å²) in [6.45, 7) is 5.66. The summed E-state index contributed by atoms with van der Waals surface area (Å²) < 4.78 is 0. The second-order valence-electron chi connectivity index (χ2n) is 4.01. The summed E-state index contributed by atoms with van der Waals surface area (Å²) >= 11 is 0. The maximum atomic E-state index is 10.4. The molecule has 1 aromatic rings.